The number of fused-ring (bicyclic) bond motifs is 1. The molecule has 0 radical (unpaired) electrons. The molecule has 0 aliphatic carbocycles. The van der Waals surface area contributed by atoms with Gasteiger partial charge in [0.15, 0.2) is 0 Å². The first-order valence-electron chi connectivity index (χ1n) is 7.56. The zero-order valence-corrected chi connectivity index (χ0v) is 12.5. The van der Waals surface area contributed by atoms with Crippen LogP contribution in [0.5, 0.6) is 0 Å². The van der Waals surface area contributed by atoms with E-state index >= 15 is 0 Å². The average Bonchev–Trinajstić information content (AvgIpc) is 2.87. The van der Waals surface area contributed by atoms with Crippen LogP contribution in [0.3, 0.4) is 0 Å². The third-order valence-electron chi connectivity index (χ3n) is 4.00. The maximum Gasteiger partial charge on any atom is 0.324 e. The lowest BCUT2D eigenvalue weighted by molar-refractivity contribution is -0.127. The lowest BCUT2D eigenvalue weighted by Crippen LogP contribution is -2.44. The van der Waals surface area contributed by atoms with Crippen LogP contribution in [0.1, 0.15) is 44.2 Å². The van der Waals surface area contributed by atoms with Gasteiger partial charge in [0.1, 0.15) is 11.0 Å². The Hall–Kier alpha value is -2.44. The van der Waals surface area contributed by atoms with Gasteiger partial charge in [-0.2, -0.15) is 15.4 Å². The second-order valence-corrected chi connectivity index (χ2v) is 5.60. The van der Waals surface area contributed by atoms with Gasteiger partial charge in [0, 0.05) is 13.0 Å². The number of imide groups is 1. The number of amides is 3. The molecule has 3 rings (SSSR count). The van der Waals surface area contributed by atoms with E-state index in [1.807, 2.05) is 25.1 Å². The molecule has 1 aromatic heterocycles. The molecule has 1 atom stereocenters. The maximum atomic E-state index is 12.3. The standard InChI is InChI=1S/C15H19N5O2/c1-10(11-6-7-12-13(9-11)18-19-17-12)16-15(22)20-8-4-2-3-5-14(20)21/h6-7,9-10H,2-5,8H2,1H3,(H,16,22)(H,17,18,19)/t10-/m1/s1. The van der Waals surface area contributed by atoms with E-state index in [0.717, 1.165) is 35.9 Å². The number of H-pyrrole nitrogens is 1. The Labute approximate surface area is 128 Å². The normalized spacial score (nSPS) is 17.3. The minimum Gasteiger partial charge on any atom is -0.331 e. The predicted octanol–water partition coefficient (Wildman–Crippen LogP) is 2.13. The van der Waals surface area contributed by atoms with E-state index in [-0.39, 0.29) is 18.0 Å². The van der Waals surface area contributed by atoms with Crippen LogP contribution in [0.25, 0.3) is 11.0 Å². The molecule has 116 valence electrons. The molecule has 1 saturated heterocycles. The van der Waals surface area contributed by atoms with Gasteiger partial charge in [0.05, 0.1) is 6.04 Å². The number of urea groups is 1. The molecule has 22 heavy (non-hydrogen) atoms. The van der Waals surface area contributed by atoms with Crippen LogP contribution in [-0.4, -0.2) is 38.8 Å². The number of hydrogen-bond acceptors (Lipinski definition) is 4. The summed E-state index contributed by atoms with van der Waals surface area (Å²) in [5, 5.41) is 13.5. The van der Waals surface area contributed by atoms with E-state index in [2.05, 4.69) is 20.7 Å². The molecule has 1 aliphatic heterocycles. The van der Waals surface area contributed by atoms with Crippen LogP contribution >= 0.6 is 0 Å². The van der Waals surface area contributed by atoms with E-state index in [9.17, 15) is 9.59 Å². The Morgan fingerprint density at radius 3 is 2.95 bits per heavy atom. The van der Waals surface area contributed by atoms with Gasteiger partial charge in [0.25, 0.3) is 0 Å². The largest absolute Gasteiger partial charge is 0.331 e. The Bertz CT molecular complexity index is 696. The molecule has 2 N–H and O–H groups in total. The summed E-state index contributed by atoms with van der Waals surface area (Å²) in [4.78, 5) is 25.6. The van der Waals surface area contributed by atoms with Crippen LogP contribution in [0, 0.1) is 0 Å². The first-order chi connectivity index (χ1) is 10.6. The van der Waals surface area contributed by atoms with Gasteiger partial charge in [-0.3, -0.25) is 9.69 Å². The summed E-state index contributed by atoms with van der Waals surface area (Å²) in [6.45, 7) is 2.39. The molecule has 2 aromatic rings. The van der Waals surface area contributed by atoms with Crippen molar-refractivity contribution < 1.29 is 9.59 Å². The van der Waals surface area contributed by atoms with E-state index in [0.29, 0.717) is 13.0 Å². The summed E-state index contributed by atoms with van der Waals surface area (Å²) in [5.41, 5.74) is 2.46. The minimum absolute atomic E-state index is 0.0887. The fraction of sp³-hybridized carbons (Fsp3) is 0.467. The van der Waals surface area contributed by atoms with Gasteiger partial charge >= 0.3 is 6.03 Å². The number of aromatic amines is 1. The zero-order valence-electron chi connectivity index (χ0n) is 12.5. The molecule has 3 amide bonds. The highest BCUT2D eigenvalue weighted by atomic mass is 16.2. The Kier molecular flexibility index (Phi) is 4.04. The number of carbonyl (C=O) groups excluding carboxylic acids is 2. The highest BCUT2D eigenvalue weighted by Gasteiger charge is 2.24. The smallest absolute Gasteiger partial charge is 0.324 e. The second-order valence-electron chi connectivity index (χ2n) is 5.60. The van der Waals surface area contributed by atoms with Crippen LogP contribution in [0.4, 0.5) is 4.79 Å². The summed E-state index contributed by atoms with van der Waals surface area (Å²) in [5.74, 6) is -0.0887. The maximum absolute atomic E-state index is 12.3. The molecule has 0 bridgehead atoms. The van der Waals surface area contributed by atoms with Crippen LogP contribution in [0.2, 0.25) is 0 Å². The van der Waals surface area contributed by atoms with Gasteiger partial charge in [-0.25, -0.2) is 4.79 Å². The molecular formula is C15H19N5O2. The highest BCUT2D eigenvalue weighted by molar-refractivity contribution is 5.94. The third-order valence-corrected chi connectivity index (χ3v) is 4.00. The molecule has 7 nitrogen and oxygen atoms in total. The fourth-order valence-electron chi connectivity index (χ4n) is 2.67. The highest BCUT2D eigenvalue weighted by Crippen LogP contribution is 2.18. The SMILES string of the molecule is C[C@@H](NC(=O)N1CCCCCC1=O)c1ccc2n[nH]nc2c1. The summed E-state index contributed by atoms with van der Waals surface area (Å²) in [7, 11) is 0. The van der Waals surface area contributed by atoms with Crippen molar-refractivity contribution in [1.82, 2.24) is 25.6 Å². The molecule has 1 fully saturated rings. The van der Waals surface area contributed by atoms with E-state index in [4.69, 9.17) is 0 Å². The molecule has 2 heterocycles. The lowest BCUT2D eigenvalue weighted by Gasteiger charge is -2.22. The van der Waals surface area contributed by atoms with Crippen molar-refractivity contribution in [3.63, 3.8) is 0 Å². The first-order valence-corrected chi connectivity index (χ1v) is 7.56. The predicted molar refractivity (Wildman–Crippen MR) is 81.0 cm³/mol. The van der Waals surface area contributed by atoms with Gasteiger partial charge < -0.3 is 5.32 Å². The number of nitrogens with zero attached hydrogens (tertiary/aromatic N) is 3. The van der Waals surface area contributed by atoms with Crippen molar-refractivity contribution in [3.05, 3.63) is 23.8 Å². The molecule has 0 unspecified atom stereocenters. The average molecular weight is 301 g/mol. The zero-order chi connectivity index (χ0) is 15.5. The van der Waals surface area contributed by atoms with Crippen molar-refractivity contribution in [2.45, 2.75) is 38.6 Å². The molecular weight excluding hydrogens is 282 g/mol. The van der Waals surface area contributed by atoms with Crippen molar-refractivity contribution >= 4 is 23.0 Å². The lowest BCUT2D eigenvalue weighted by atomic mass is 10.1. The number of rotatable bonds is 2. The Balaban J connectivity index is 1.70. The van der Waals surface area contributed by atoms with Gasteiger partial charge in [0.2, 0.25) is 5.91 Å². The van der Waals surface area contributed by atoms with Crippen molar-refractivity contribution in [3.8, 4) is 0 Å². The second kappa shape index (κ2) is 6.13. The molecule has 1 aliphatic rings. The summed E-state index contributed by atoms with van der Waals surface area (Å²) < 4.78 is 0. The number of aromatic nitrogens is 3. The van der Waals surface area contributed by atoms with E-state index < -0.39 is 0 Å². The Morgan fingerprint density at radius 1 is 1.27 bits per heavy atom. The van der Waals surface area contributed by atoms with Crippen LogP contribution in [0.15, 0.2) is 18.2 Å². The van der Waals surface area contributed by atoms with Crippen molar-refractivity contribution in [2.75, 3.05) is 6.54 Å². The summed E-state index contributed by atoms with van der Waals surface area (Å²) >= 11 is 0. The Morgan fingerprint density at radius 2 is 2.09 bits per heavy atom. The fourth-order valence-corrected chi connectivity index (χ4v) is 2.67. The number of benzene rings is 1. The van der Waals surface area contributed by atoms with Gasteiger partial charge in [-0.1, -0.05) is 12.5 Å². The van der Waals surface area contributed by atoms with Gasteiger partial charge in [-0.05, 0) is 37.5 Å². The van der Waals surface area contributed by atoms with Gasteiger partial charge in [-0.15, -0.1) is 0 Å². The monoisotopic (exact) mass is 301 g/mol. The number of nitrogens with one attached hydrogen (secondary N) is 2. The molecule has 1 aromatic carbocycles. The molecule has 0 spiro atoms. The molecule has 7 heteroatoms. The van der Waals surface area contributed by atoms with E-state index in [1.54, 1.807) is 0 Å². The van der Waals surface area contributed by atoms with E-state index in [1.165, 1.54) is 4.90 Å². The third kappa shape index (κ3) is 2.93. The summed E-state index contributed by atoms with van der Waals surface area (Å²) in [6, 6.07) is 5.12. The summed E-state index contributed by atoms with van der Waals surface area (Å²) in [6.07, 6.45) is 3.18. The molecule has 0 saturated carbocycles. The number of likely N-dealkylation sites (tertiary alicyclic amines) is 1. The minimum atomic E-state index is -0.320. The topological polar surface area (TPSA) is 91.0 Å². The number of carbonyl (C=O) groups is 2. The van der Waals surface area contributed by atoms with Crippen molar-refractivity contribution in [2.24, 2.45) is 0 Å². The quantitative estimate of drug-likeness (QED) is 0.889. The first kappa shape index (κ1) is 14.5. The van der Waals surface area contributed by atoms with Crippen LogP contribution < -0.4 is 5.32 Å². The number of hydrogen-bond donors (Lipinski definition) is 2. The van der Waals surface area contributed by atoms with Crippen molar-refractivity contribution in [1.29, 1.82) is 0 Å². The van der Waals surface area contributed by atoms with Crippen LogP contribution in [-0.2, 0) is 4.79 Å².